The average molecular weight is 391 g/mol. The molecule has 5 N–H and O–H groups in total. The minimum atomic E-state index is -0.710. The summed E-state index contributed by atoms with van der Waals surface area (Å²) in [6.45, 7) is 0. The number of hydrogen-bond donors (Lipinski definition) is 3. The van der Waals surface area contributed by atoms with Crippen LogP contribution in [0.3, 0.4) is 0 Å². The molecule has 0 saturated heterocycles. The number of carbonyl (C=O) groups is 2. The standard InChI is InChI=1S/C19H22N4O3.ClH/c20-18-17(19(21)26)23-15(10-22-18)14-7-5-13(6-8-14)12-3-1-11(2-4-12)9-16(24)25;/h5-8,10-12H,1-4,9H2,(H2,20,22)(H2,21,26)(H,24,25);1H/t11-,12-;. The van der Waals surface area contributed by atoms with Crippen LogP contribution in [0.5, 0.6) is 0 Å². The summed E-state index contributed by atoms with van der Waals surface area (Å²) in [7, 11) is 0. The second-order valence-electron chi connectivity index (χ2n) is 6.79. The van der Waals surface area contributed by atoms with Crippen LogP contribution >= 0.6 is 12.4 Å². The first-order chi connectivity index (χ1) is 12.4. The van der Waals surface area contributed by atoms with Gasteiger partial charge < -0.3 is 16.6 Å². The van der Waals surface area contributed by atoms with Gasteiger partial charge in [-0.3, -0.25) is 9.59 Å². The van der Waals surface area contributed by atoms with E-state index in [0.717, 1.165) is 31.2 Å². The minimum Gasteiger partial charge on any atom is -0.481 e. The maximum atomic E-state index is 11.4. The molecule has 7 nitrogen and oxygen atoms in total. The summed E-state index contributed by atoms with van der Waals surface area (Å²) >= 11 is 0. The van der Waals surface area contributed by atoms with Crippen LogP contribution in [-0.2, 0) is 4.79 Å². The Bertz CT molecular complexity index is 818. The lowest BCUT2D eigenvalue weighted by Gasteiger charge is -2.28. The van der Waals surface area contributed by atoms with Crippen LogP contribution < -0.4 is 11.5 Å². The second kappa shape index (κ2) is 8.81. The van der Waals surface area contributed by atoms with Gasteiger partial charge in [0.25, 0.3) is 5.91 Å². The van der Waals surface area contributed by atoms with E-state index in [4.69, 9.17) is 16.6 Å². The van der Waals surface area contributed by atoms with Gasteiger partial charge in [-0.05, 0) is 43.1 Å². The molecular formula is C19H23ClN4O3. The van der Waals surface area contributed by atoms with Crippen molar-refractivity contribution in [1.82, 2.24) is 9.97 Å². The molecule has 8 heteroatoms. The number of aliphatic carboxylic acids is 1. The highest BCUT2D eigenvalue weighted by molar-refractivity contribution is 5.95. The highest BCUT2D eigenvalue weighted by atomic mass is 35.5. The topological polar surface area (TPSA) is 132 Å². The lowest BCUT2D eigenvalue weighted by molar-refractivity contribution is -0.138. The predicted octanol–water partition coefficient (Wildman–Crippen LogP) is 3.00. The van der Waals surface area contributed by atoms with E-state index in [0.29, 0.717) is 17.5 Å². The van der Waals surface area contributed by atoms with Gasteiger partial charge in [-0.15, -0.1) is 12.4 Å². The summed E-state index contributed by atoms with van der Waals surface area (Å²) < 4.78 is 0. The Kier molecular flexibility index (Phi) is 6.74. The lowest BCUT2D eigenvalue weighted by Crippen LogP contribution is -2.17. The second-order valence-corrected chi connectivity index (χ2v) is 6.79. The van der Waals surface area contributed by atoms with Crippen molar-refractivity contribution in [2.45, 2.75) is 38.0 Å². The highest BCUT2D eigenvalue weighted by Gasteiger charge is 2.24. The number of carboxylic acid groups (broad SMARTS) is 1. The van der Waals surface area contributed by atoms with Gasteiger partial charge in [-0.1, -0.05) is 24.3 Å². The Balaban J connectivity index is 0.00000261. The van der Waals surface area contributed by atoms with Crippen LogP contribution in [0.1, 0.15) is 54.1 Å². The van der Waals surface area contributed by atoms with E-state index in [9.17, 15) is 9.59 Å². The molecule has 2 aromatic rings. The van der Waals surface area contributed by atoms with Crippen LogP contribution in [0.4, 0.5) is 5.82 Å². The Hall–Kier alpha value is -2.67. The first-order valence-electron chi connectivity index (χ1n) is 8.68. The SMILES string of the molecule is Cl.NC(=O)c1nc(-c2ccc([C@H]3CC[C@H](CC(=O)O)CC3)cc2)cnc1N. The largest absolute Gasteiger partial charge is 0.481 e. The van der Waals surface area contributed by atoms with E-state index < -0.39 is 11.9 Å². The molecule has 1 aliphatic carbocycles. The number of aromatic nitrogens is 2. The number of benzene rings is 1. The lowest BCUT2D eigenvalue weighted by atomic mass is 9.77. The molecule has 1 heterocycles. The molecule has 1 aromatic heterocycles. The summed E-state index contributed by atoms with van der Waals surface area (Å²) in [6, 6.07) is 8.01. The molecule has 1 amide bonds. The fourth-order valence-corrected chi connectivity index (χ4v) is 3.59. The van der Waals surface area contributed by atoms with E-state index in [1.54, 1.807) is 0 Å². The first kappa shape index (κ1) is 20.6. The first-order valence-corrected chi connectivity index (χ1v) is 8.68. The molecule has 0 bridgehead atoms. The van der Waals surface area contributed by atoms with Crippen molar-refractivity contribution in [2.75, 3.05) is 5.73 Å². The zero-order valence-corrected chi connectivity index (χ0v) is 15.6. The predicted molar refractivity (Wildman–Crippen MR) is 105 cm³/mol. The van der Waals surface area contributed by atoms with Gasteiger partial charge in [-0.25, -0.2) is 9.97 Å². The Morgan fingerprint density at radius 1 is 1.11 bits per heavy atom. The van der Waals surface area contributed by atoms with E-state index in [1.165, 1.54) is 11.8 Å². The van der Waals surface area contributed by atoms with Crippen molar-refractivity contribution in [1.29, 1.82) is 0 Å². The number of halogens is 1. The number of nitrogens with zero attached hydrogens (tertiary/aromatic N) is 2. The molecule has 1 aliphatic rings. The maximum absolute atomic E-state index is 11.4. The normalized spacial score (nSPS) is 19.1. The number of carboxylic acids is 1. The molecule has 3 rings (SSSR count). The van der Waals surface area contributed by atoms with Crippen LogP contribution in [0.15, 0.2) is 30.5 Å². The third-order valence-electron chi connectivity index (χ3n) is 5.02. The van der Waals surface area contributed by atoms with Crippen molar-refractivity contribution in [2.24, 2.45) is 11.7 Å². The molecule has 0 aliphatic heterocycles. The van der Waals surface area contributed by atoms with E-state index in [2.05, 4.69) is 22.1 Å². The van der Waals surface area contributed by atoms with Crippen molar-refractivity contribution in [3.63, 3.8) is 0 Å². The van der Waals surface area contributed by atoms with Gasteiger partial charge in [0, 0.05) is 12.0 Å². The van der Waals surface area contributed by atoms with Crippen molar-refractivity contribution >= 4 is 30.1 Å². The van der Waals surface area contributed by atoms with Gasteiger partial charge in [0.15, 0.2) is 11.5 Å². The highest BCUT2D eigenvalue weighted by Crippen LogP contribution is 2.37. The third kappa shape index (κ3) is 4.95. The number of hydrogen-bond acceptors (Lipinski definition) is 5. The van der Waals surface area contributed by atoms with Crippen LogP contribution in [-0.4, -0.2) is 27.0 Å². The fraction of sp³-hybridized carbons (Fsp3) is 0.368. The molecule has 0 unspecified atom stereocenters. The maximum Gasteiger partial charge on any atom is 0.303 e. The number of nitrogen functional groups attached to an aromatic ring is 1. The van der Waals surface area contributed by atoms with Crippen molar-refractivity contribution in [3.05, 3.63) is 41.7 Å². The van der Waals surface area contributed by atoms with E-state index in [1.807, 2.05) is 12.1 Å². The molecule has 0 spiro atoms. The molecule has 0 radical (unpaired) electrons. The van der Waals surface area contributed by atoms with Crippen LogP contribution in [0.2, 0.25) is 0 Å². The molecule has 0 atom stereocenters. The molecule has 1 saturated carbocycles. The third-order valence-corrected chi connectivity index (χ3v) is 5.02. The summed E-state index contributed by atoms with van der Waals surface area (Å²) in [5, 5.41) is 8.91. The van der Waals surface area contributed by atoms with Crippen LogP contribution in [0, 0.1) is 5.92 Å². The smallest absolute Gasteiger partial charge is 0.303 e. The number of anilines is 1. The van der Waals surface area contributed by atoms with Gasteiger partial charge in [0.1, 0.15) is 0 Å². The summed E-state index contributed by atoms with van der Waals surface area (Å²) in [4.78, 5) is 30.4. The Labute approximate surface area is 163 Å². The average Bonchev–Trinajstić information content (AvgIpc) is 2.62. The minimum absolute atomic E-state index is 0. The van der Waals surface area contributed by atoms with E-state index >= 15 is 0 Å². The summed E-state index contributed by atoms with van der Waals surface area (Å²) in [5.41, 5.74) is 13.5. The van der Waals surface area contributed by atoms with Crippen LogP contribution in [0.25, 0.3) is 11.3 Å². The van der Waals surface area contributed by atoms with Gasteiger partial charge in [-0.2, -0.15) is 0 Å². The molecular weight excluding hydrogens is 368 g/mol. The quantitative estimate of drug-likeness (QED) is 0.718. The van der Waals surface area contributed by atoms with Gasteiger partial charge in [0.2, 0.25) is 0 Å². The monoisotopic (exact) mass is 390 g/mol. The number of carbonyl (C=O) groups excluding carboxylic acids is 1. The zero-order chi connectivity index (χ0) is 18.7. The zero-order valence-electron chi connectivity index (χ0n) is 14.8. The summed E-state index contributed by atoms with van der Waals surface area (Å²) in [5.74, 6) is -0.645. The number of amides is 1. The summed E-state index contributed by atoms with van der Waals surface area (Å²) in [6.07, 6.45) is 5.70. The number of nitrogens with two attached hydrogens (primary N) is 2. The number of primary amides is 1. The van der Waals surface area contributed by atoms with Gasteiger partial charge in [0.05, 0.1) is 11.9 Å². The fourth-order valence-electron chi connectivity index (χ4n) is 3.59. The van der Waals surface area contributed by atoms with Crippen molar-refractivity contribution < 1.29 is 14.7 Å². The van der Waals surface area contributed by atoms with Gasteiger partial charge >= 0.3 is 5.97 Å². The number of rotatable bonds is 5. The molecule has 144 valence electrons. The molecule has 27 heavy (non-hydrogen) atoms. The molecule has 1 aromatic carbocycles. The molecule has 1 fully saturated rings. The van der Waals surface area contributed by atoms with Crippen molar-refractivity contribution in [3.8, 4) is 11.3 Å². The van der Waals surface area contributed by atoms with E-state index in [-0.39, 0.29) is 30.3 Å². The Morgan fingerprint density at radius 2 is 1.74 bits per heavy atom. The Morgan fingerprint density at radius 3 is 2.30 bits per heavy atom.